The van der Waals surface area contributed by atoms with Gasteiger partial charge in [0.2, 0.25) is 0 Å². The summed E-state index contributed by atoms with van der Waals surface area (Å²) in [4.78, 5) is 10.0. The summed E-state index contributed by atoms with van der Waals surface area (Å²) in [5, 5.41) is 10.5. The summed E-state index contributed by atoms with van der Waals surface area (Å²) in [7, 11) is 0. The number of nitro benzene ring substituents is 1. The van der Waals surface area contributed by atoms with Crippen molar-refractivity contribution in [3.05, 3.63) is 34.4 Å². The van der Waals surface area contributed by atoms with E-state index < -0.39 is 4.92 Å². The van der Waals surface area contributed by atoms with E-state index in [2.05, 4.69) is 0 Å². The normalized spacial score (nSPS) is 19.1. The van der Waals surface area contributed by atoms with Crippen LogP contribution in [0.4, 0.5) is 5.69 Å². The van der Waals surface area contributed by atoms with Crippen molar-refractivity contribution in [2.24, 2.45) is 0 Å². The predicted octanol–water partition coefficient (Wildman–Crippen LogP) is 2.52. The molecule has 1 fully saturated rings. The minimum atomic E-state index is -0.437. The molecule has 1 aliphatic rings. The van der Waals surface area contributed by atoms with Crippen molar-refractivity contribution in [2.45, 2.75) is 25.6 Å². The summed E-state index contributed by atoms with van der Waals surface area (Å²) in [6.45, 7) is 1.60. The minimum absolute atomic E-state index is 0.0548. The summed E-state index contributed by atoms with van der Waals surface area (Å²) in [6.07, 6.45) is 3.04. The third kappa shape index (κ3) is 4.50. The van der Waals surface area contributed by atoms with Gasteiger partial charge < -0.3 is 14.2 Å². The average Bonchev–Trinajstić information content (AvgIpc) is 2.45. The molecule has 104 valence electrons. The van der Waals surface area contributed by atoms with Crippen LogP contribution in [0, 0.1) is 10.1 Å². The molecule has 6 nitrogen and oxygen atoms in total. The van der Waals surface area contributed by atoms with Gasteiger partial charge in [-0.15, -0.1) is 0 Å². The third-order valence-electron chi connectivity index (χ3n) is 2.84. The Kier molecular flexibility index (Phi) is 5.11. The number of rotatable bonds is 6. The first kappa shape index (κ1) is 13.8. The predicted molar refractivity (Wildman–Crippen MR) is 68.1 cm³/mol. The highest BCUT2D eigenvalue weighted by molar-refractivity contribution is 5.35. The van der Waals surface area contributed by atoms with Gasteiger partial charge in [0.25, 0.3) is 5.69 Å². The van der Waals surface area contributed by atoms with Gasteiger partial charge in [-0.3, -0.25) is 10.1 Å². The molecule has 0 bridgehead atoms. The van der Waals surface area contributed by atoms with Crippen LogP contribution < -0.4 is 4.74 Å². The van der Waals surface area contributed by atoms with Gasteiger partial charge in [-0.2, -0.15) is 0 Å². The first-order valence-corrected chi connectivity index (χ1v) is 6.36. The molecule has 0 N–H and O–H groups in total. The zero-order valence-corrected chi connectivity index (χ0v) is 10.6. The summed E-state index contributed by atoms with van der Waals surface area (Å²) in [6, 6.07) is 5.99. The Hall–Kier alpha value is -1.66. The van der Waals surface area contributed by atoms with Crippen molar-refractivity contribution in [2.75, 3.05) is 19.8 Å². The Morgan fingerprint density at radius 2 is 2.05 bits per heavy atom. The molecule has 0 saturated carbocycles. The van der Waals surface area contributed by atoms with E-state index in [4.69, 9.17) is 14.2 Å². The number of nitro groups is 1. The summed E-state index contributed by atoms with van der Waals surface area (Å²) >= 11 is 0. The zero-order valence-electron chi connectivity index (χ0n) is 10.6. The fourth-order valence-corrected chi connectivity index (χ4v) is 1.85. The summed E-state index contributed by atoms with van der Waals surface area (Å²) in [5.41, 5.74) is 0.0548. The van der Waals surface area contributed by atoms with E-state index in [1.165, 1.54) is 12.1 Å². The highest BCUT2D eigenvalue weighted by Gasteiger charge is 2.13. The maximum absolute atomic E-state index is 10.5. The van der Waals surface area contributed by atoms with Gasteiger partial charge in [-0.1, -0.05) is 0 Å². The van der Waals surface area contributed by atoms with Crippen LogP contribution in [0.15, 0.2) is 24.3 Å². The quantitative estimate of drug-likeness (QED) is 0.450. The van der Waals surface area contributed by atoms with Gasteiger partial charge in [0.15, 0.2) is 6.29 Å². The number of hydrogen-bond donors (Lipinski definition) is 0. The van der Waals surface area contributed by atoms with Gasteiger partial charge in [-0.05, 0) is 31.4 Å². The van der Waals surface area contributed by atoms with Crippen molar-refractivity contribution < 1.29 is 19.1 Å². The first-order valence-electron chi connectivity index (χ1n) is 6.36. The second-order valence-corrected chi connectivity index (χ2v) is 4.27. The van der Waals surface area contributed by atoms with Crippen molar-refractivity contribution in [3.63, 3.8) is 0 Å². The van der Waals surface area contributed by atoms with Crippen molar-refractivity contribution in [1.82, 2.24) is 0 Å². The van der Waals surface area contributed by atoms with Crippen LogP contribution in [-0.4, -0.2) is 31.0 Å². The lowest BCUT2D eigenvalue weighted by atomic mass is 10.2. The molecule has 6 heteroatoms. The van der Waals surface area contributed by atoms with E-state index >= 15 is 0 Å². The van der Waals surface area contributed by atoms with Crippen LogP contribution in [0.3, 0.4) is 0 Å². The lowest BCUT2D eigenvalue weighted by Crippen LogP contribution is -2.24. The van der Waals surface area contributed by atoms with Gasteiger partial charge in [0.05, 0.1) is 11.5 Å². The number of non-ortho nitro benzene ring substituents is 1. The maximum Gasteiger partial charge on any atom is 0.269 e. The second kappa shape index (κ2) is 7.06. The summed E-state index contributed by atoms with van der Waals surface area (Å²) < 4.78 is 16.4. The molecular weight excluding hydrogens is 250 g/mol. The Morgan fingerprint density at radius 1 is 1.26 bits per heavy atom. The monoisotopic (exact) mass is 267 g/mol. The molecule has 1 saturated heterocycles. The highest BCUT2D eigenvalue weighted by atomic mass is 16.7. The molecule has 0 aliphatic carbocycles. The first-order chi connectivity index (χ1) is 9.25. The maximum atomic E-state index is 10.5. The van der Waals surface area contributed by atoms with E-state index in [1.54, 1.807) is 12.1 Å². The zero-order chi connectivity index (χ0) is 13.5. The Labute approximate surface area is 111 Å². The molecule has 0 amide bonds. The molecule has 0 aromatic heterocycles. The van der Waals surface area contributed by atoms with Gasteiger partial charge >= 0.3 is 0 Å². The smallest absolute Gasteiger partial charge is 0.269 e. The number of benzene rings is 1. The van der Waals surface area contributed by atoms with Crippen LogP contribution in [0.2, 0.25) is 0 Å². The molecule has 1 aromatic rings. The van der Waals surface area contributed by atoms with Crippen molar-refractivity contribution in [3.8, 4) is 5.75 Å². The lowest BCUT2D eigenvalue weighted by molar-refractivity contribution is -0.384. The molecule has 0 radical (unpaired) electrons. The minimum Gasteiger partial charge on any atom is -0.491 e. The number of ether oxygens (including phenoxy) is 3. The van der Waals surface area contributed by atoms with Gasteiger partial charge in [0.1, 0.15) is 12.4 Å². The van der Waals surface area contributed by atoms with Gasteiger partial charge in [-0.25, -0.2) is 0 Å². The van der Waals surface area contributed by atoms with Gasteiger partial charge in [0, 0.05) is 18.7 Å². The fourth-order valence-electron chi connectivity index (χ4n) is 1.85. The second-order valence-electron chi connectivity index (χ2n) is 4.27. The third-order valence-corrected chi connectivity index (χ3v) is 2.84. The molecule has 0 spiro atoms. The van der Waals surface area contributed by atoms with E-state index in [9.17, 15) is 10.1 Å². The average molecular weight is 267 g/mol. The fraction of sp³-hybridized carbons (Fsp3) is 0.538. The van der Waals surface area contributed by atoms with E-state index in [0.717, 1.165) is 25.9 Å². The molecule has 2 rings (SSSR count). The number of hydrogen-bond acceptors (Lipinski definition) is 5. The van der Waals surface area contributed by atoms with E-state index in [0.29, 0.717) is 19.0 Å². The van der Waals surface area contributed by atoms with Crippen LogP contribution in [-0.2, 0) is 9.47 Å². The molecule has 1 atom stereocenters. The molecule has 0 unspecified atom stereocenters. The Bertz CT molecular complexity index is 400. The molecule has 1 heterocycles. The van der Waals surface area contributed by atoms with Crippen molar-refractivity contribution in [1.29, 1.82) is 0 Å². The largest absolute Gasteiger partial charge is 0.491 e. The van der Waals surface area contributed by atoms with Crippen molar-refractivity contribution >= 4 is 5.69 Å². The van der Waals surface area contributed by atoms with Crippen LogP contribution >= 0.6 is 0 Å². The van der Waals surface area contributed by atoms with Crippen LogP contribution in [0.25, 0.3) is 0 Å². The Balaban J connectivity index is 1.66. The molecular formula is C13H17NO5. The highest BCUT2D eigenvalue weighted by Crippen LogP contribution is 2.17. The van der Waals surface area contributed by atoms with E-state index in [-0.39, 0.29) is 12.0 Å². The topological polar surface area (TPSA) is 70.8 Å². The Morgan fingerprint density at radius 3 is 2.68 bits per heavy atom. The van der Waals surface area contributed by atoms with Crippen LogP contribution in [0.5, 0.6) is 5.75 Å². The molecule has 19 heavy (non-hydrogen) atoms. The standard InChI is InChI=1S/C13H17NO5/c15-14(16)11-4-6-12(7-5-11)17-9-10-19-13-3-1-2-8-18-13/h4-7,13H,1-3,8-10H2/t13-/m1/s1. The SMILES string of the molecule is O=[N+]([O-])c1ccc(OCCO[C@@H]2CCCCO2)cc1. The van der Waals surface area contributed by atoms with Crippen LogP contribution in [0.1, 0.15) is 19.3 Å². The molecule has 1 aliphatic heterocycles. The number of nitrogens with zero attached hydrogens (tertiary/aromatic N) is 1. The molecule has 1 aromatic carbocycles. The lowest BCUT2D eigenvalue weighted by Gasteiger charge is -2.22. The summed E-state index contributed by atoms with van der Waals surface area (Å²) in [5.74, 6) is 0.596. The van der Waals surface area contributed by atoms with E-state index in [1.807, 2.05) is 0 Å².